The summed E-state index contributed by atoms with van der Waals surface area (Å²) in [6.45, 7) is 3.01. The van der Waals surface area contributed by atoms with Crippen LogP contribution in [0.2, 0.25) is 0 Å². The molecule has 1 saturated heterocycles. The Hall–Kier alpha value is -2.89. The zero-order valence-electron chi connectivity index (χ0n) is 16.7. The topological polar surface area (TPSA) is 107 Å². The molecule has 1 fully saturated rings. The van der Waals surface area contributed by atoms with E-state index in [4.69, 9.17) is 0 Å². The Morgan fingerprint density at radius 3 is 2.42 bits per heavy atom. The van der Waals surface area contributed by atoms with Crippen LogP contribution in [0.25, 0.3) is 5.69 Å². The normalized spacial score (nSPS) is 20.4. The molecule has 1 unspecified atom stereocenters. The average molecular weight is 459 g/mol. The number of nitrogens with one attached hydrogen (secondary N) is 1. The second kappa shape index (κ2) is 7.98. The monoisotopic (exact) mass is 459 g/mol. The maximum atomic E-state index is 13.6. The summed E-state index contributed by atoms with van der Waals surface area (Å²) in [5, 5.41) is 6.34. The predicted molar refractivity (Wildman–Crippen MR) is 104 cm³/mol. The molecule has 2 aromatic rings. The molecule has 1 aromatic heterocycles. The van der Waals surface area contributed by atoms with Crippen LogP contribution in [0.1, 0.15) is 46.7 Å². The van der Waals surface area contributed by atoms with Crippen LogP contribution in [-0.4, -0.2) is 53.7 Å². The fraction of sp³-hybridized carbons (Fsp3) is 0.421. The minimum absolute atomic E-state index is 0.0194. The smallest absolute Gasteiger partial charge is 0.434 e. The van der Waals surface area contributed by atoms with Crippen LogP contribution in [-0.2, 0) is 20.8 Å². The van der Waals surface area contributed by atoms with E-state index < -0.39 is 44.7 Å². The highest BCUT2D eigenvalue weighted by Gasteiger charge is 2.41. The highest BCUT2D eigenvalue weighted by Crippen LogP contribution is 2.34. The van der Waals surface area contributed by atoms with Crippen LogP contribution in [0.4, 0.5) is 13.2 Å². The van der Waals surface area contributed by atoms with Gasteiger partial charge in [-0.25, -0.2) is 17.9 Å². The van der Waals surface area contributed by atoms with Gasteiger partial charge in [0.15, 0.2) is 15.5 Å². The number of sulfone groups is 1. The Balaban J connectivity index is 1.86. The number of alkyl halides is 3. The number of rotatable bonds is 5. The van der Waals surface area contributed by atoms with E-state index in [0.29, 0.717) is 4.68 Å². The Kier molecular flexibility index (Phi) is 5.87. The highest BCUT2D eigenvalue weighted by atomic mass is 32.2. The number of hydrogen-bond acceptors (Lipinski definition) is 6. The fourth-order valence-corrected chi connectivity index (χ4v) is 5.48. The summed E-state index contributed by atoms with van der Waals surface area (Å²) in [6.07, 6.45) is -3.82. The van der Waals surface area contributed by atoms with E-state index in [0.717, 1.165) is 6.20 Å². The number of aromatic nitrogens is 2. The molecule has 1 atom stereocenters. The fourth-order valence-electron chi connectivity index (χ4n) is 3.38. The Morgan fingerprint density at radius 2 is 1.90 bits per heavy atom. The van der Waals surface area contributed by atoms with Crippen molar-refractivity contribution in [1.82, 2.24) is 15.1 Å². The lowest BCUT2D eigenvalue weighted by Crippen LogP contribution is -2.46. The number of carbonyl (C=O) groups is 2. The van der Waals surface area contributed by atoms with Crippen LogP contribution in [0.15, 0.2) is 30.5 Å². The largest absolute Gasteiger partial charge is 0.462 e. The summed E-state index contributed by atoms with van der Waals surface area (Å²) in [7, 11) is -3.22. The van der Waals surface area contributed by atoms with Crippen LogP contribution >= 0.6 is 0 Å². The lowest BCUT2D eigenvalue weighted by Gasteiger charge is -2.24. The van der Waals surface area contributed by atoms with E-state index >= 15 is 0 Å². The first-order valence-corrected chi connectivity index (χ1v) is 11.1. The third-order valence-electron chi connectivity index (χ3n) is 4.83. The van der Waals surface area contributed by atoms with Crippen LogP contribution in [0.3, 0.4) is 0 Å². The molecule has 1 N–H and O–H groups in total. The summed E-state index contributed by atoms with van der Waals surface area (Å²) in [6, 6.07) is 5.09. The van der Waals surface area contributed by atoms with E-state index in [-0.39, 0.29) is 35.8 Å². The zero-order valence-corrected chi connectivity index (χ0v) is 17.5. The van der Waals surface area contributed by atoms with Crippen molar-refractivity contribution in [2.75, 3.05) is 18.1 Å². The lowest BCUT2D eigenvalue weighted by atomic mass is 10.0. The van der Waals surface area contributed by atoms with Crippen LogP contribution in [0.5, 0.6) is 0 Å². The summed E-state index contributed by atoms with van der Waals surface area (Å²) in [4.78, 5) is 24.4. The van der Waals surface area contributed by atoms with Gasteiger partial charge in [0.05, 0.1) is 35.5 Å². The van der Waals surface area contributed by atoms with Crippen molar-refractivity contribution in [1.29, 1.82) is 0 Å². The molecule has 1 aromatic carbocycles. The van der Waals surface area contributed by atoms with Crippen molar-refractivity contribution in [3.8, 4) is 5.69 Å². The molecule has 12 heteroatoms. The van der Waals surface area contributed by atoms with Gasteiger partial charge in [-0.2, -0.15) is 18.3 Å². The van der Waals surface area contributed by atoms with Gasteiger partial charge in [-0.05, 0) is 44.5 Å². The van der Waals surface area contributed by atoms with Crippen LogP contribution in [0, 0.1) is 0 Å². The first kappa shape index (κ1) is 22.8. The molecule has 8 nitrogen and oxygen atoms in total. The maximum Gasteiger partial charge on any atom is 0.434 e. The number of halogens is 3. The molecule has 0 aliphatic carbocycles. The third kappa shape index (κ3) is 4.89. The number of carbonyl (C=O) groups excluding carboxylic acids is 2. The molecule has 3 rings (SSSR count). The first-order valence-electron chi connectivity index (χ1n) is 9.31. The van der Waals surface area contributed by atoms with E-state index in [1.807, 2.05) is 0 Å². The number of ether oxygens (including phenoxy) is 1. The third-order valence-corrected chi connectivity index (χ3v) is 6.73. The van der Waals surface area contributed by atoms with Gasteiger partial charge < -0.3 is 10.1 Å². The average Bonchev–Trinajstić information content (AvgIpc) is 3.23. The molecule has 0 saturated carbocycles. The second-order valence-electron chi connectivity index (χ2n) is 7.44. The van der Waals surface area contributed by atoms with Gasteiger partial charge in [-0.3, -0.25) is 4.79 Å². The number of nitrogens with zero attached hydrogens (tertiary/aromatic N) is 2. The Labute approximate surface area is 176 Å². The molecule has 1 aliphatic rings. The minimum Gasteiger partial charge on any atom is -0.462 e. The molecule has 2 heterocycles. The van der Waals surface area contributed by atoms with E-state index in [9.17, 15) is 31.2 Å². The number of amides is 1. The van der Waals surface area contributed by atoms with Gasteiger partial charge in [0, 0.05) is 5.56 Å². The SMILES string of the molecule is CCOC(=O)c1cnn(-c2ccc(C(=O)NC3(C)CCS(=O)(=O)C3)cc2)c1C(F)(F)F. The number of benzene rings is 1. The number of esters is 1. The molecular formula is C19H20F3N3O5S. The van der Waals surface area contributed by atoms with Gasteiger partial charge in [0.25, 0.3) is 5.91 Å². The summed E-state index contributed by atoms with van der Waals surface area (Å²) in [5.74, 6) is -1.89. The quantitative estimate of drug-likeness (QED) is 0.688. The summed E-state index contributed by atoms with van der Waals surface area (Å²) < 4.78 is 69.3. The van der Waals surface area contributed by atoms with Gasteiger partial charge >= 0.3 is 12.1 Å². The van der Waals surface area contributed by atoms with E-state index in [1.165, 1.54) is 31.2 Å². The number of hydrogen-bond donors (Lipinski definition) is 1. The zero-order chi connectivity index (χ0) is 23.0. The summed E-state index contributed by atoms with van der Waals surface area (Å²) >= 11 is 0. The van der Waals surface area contributed by atoms with Crippen molar-refractivity contribution >= 4 is 21.7 Å². The van der Waals surface area contributed by atoms with E-state index in [2.05, 4.69) is 15.2 Å². The van der Waals surface area contributed by atoms with Gasteiger partial charge in [-0.15, -0.1) is 0 Å². The Bertz CT molecular complexity index is 1110. The summed E-state index contributed by atoms with van der Waals surface area (Å²) in [5.41, 5.74) is -2.79. The molecule has 168 valence electrons. The standard InChI is InChI=1S/C19H20F3N3O5S/c1-3-30-17(27)14-10-23-25(15(14)19(20,21)22)13-6-4-12(5-7-13)16(26)24-18(2)8-9-31(28,29)11-18/h4-7,10H,3,8-9,11H2,1-2H3,(H,24,26). The van der Waals surface area contributed by atoms with Crippen LogP contribution < -0.4 is 5.32 Å². The van der Waals surface area contributed by atoms with Gasteiger partial charge in [0.2, 0.25) is 0 Å². The van der Waals surface area contributed by atoms with Crippen molar-refractivity contribution < 1.29 is 35.9 Å². The minimum atomic E-state index is -4.88. The first-order chi connectivity index (χ1) is 14.4. The molecule has 1 aliphatic heterocycles. The molecule has 0 spiro atoms. The molecule has 0 radical (unpaired) electrons. The molecular weight excluding hydrogens is 439 g/mol. The molecule has 0 bridgehead atoms. The van der Waals surface area contributed by atoms with Crippen molar-refractivity contribution in [3.63, 3.8) is 0 Å². The Morgan fingerprint density at radius 1 is 1.26 bits per heavy atom. The van der Waals surface area contributed by atoms with Crippen molar-refractivity contribution in [3.05, 3.63) is 47.3 Å². The van der Waals surface area contributed by atoms with Crippen molar-refractivity contribution in [2.45, 2.75) is 32.0 Å². The lowest BCUT2D eigenvalue weighted by molar-refractivity contribution is -0.143. The van der Waals surface area contributed by atoms with Gasteiger partial charge in [-0.1, -0.05) is 0 Å². The molecule has 31 heavy (non-hydrogen) atoms. The molecule has 1 amide bonds. The highest BCUT2D eigenvalue weighted by molar-refractivity contribution is 7.91. The van der Waals surface area contributed by atoms with E-state index in [1.54, 1.807) is 6.92 Å². The maximum absolute atomic E-state index is 13.6. The van der Waals surface area contributed by atoms with Gasteiger partial charge in [0.1, 0.15) is 5.56 Å². The predicted octanol–water partition coefficient (Wildman–Crippen LogP) is 2.37. The van der Waals surface area contributed by atoms with Crippen molar-refractivity contribution in [2.24, 2.45) is 0 Å². The second-order valence-corrected chi connectivity index (χ2v) is 9.62.